The van der Waals surface area contributed by atoms with E-state index in [0.717, 1.165) is 27.9 Å². The summed E-state index contributed by atoms with van der Waals surface area (Å²) >= 11 is 12.5. The maximum Gasteiger partial charge on any atom is 0.153 e. The second kappa shape index (κ2) is 5.43. The van der Waals surface area contributed by atoms with Gasteiger partial charge in [-0.15, -0.1) is 0 Å². The number of hydrogen-bond donors (Lipinski definition) is 2. The quantitative estimate of drug-likeness (QED) is 0.703. The van der Waals surface area contributed by atoms with Crippen LogP contribution in [0.15, 0.2) is 42.5 Å². The lowest BCUT2D eigenvalue weighted by Crippen LogP contribution is -1.90. The molecule has 5 heteroatoms. The fourth-order valence-electron chi connectivity index (χ4n) is 2.33. The Morgan fingerprint density at radius 2 is 1.86 bits per heavy atom. The lowest BCUT2D eigenvalue weighted by Gasteiger charge is -2.08. The minimum Gasteiger partial charge on any atom is -0.382 e. The molecule has 0 amide bonds. The topological polar surface area (TPSA) is 54.7 Å². The van der Waals surface area contributed by atoms with Crippen LogP contribution in [-0.2, 0) is 0 Å². The number of rotatable bonds is 2. The molecule has 0 radical (unpaired) electrons. The smallest absolute Gasteiger partial charge is 0.153 e. The van der Waals surface area contributed by atoms with Crippen LogP contribution in [-0.4, -0.2) is 10.2 Å². The number of aryl methyl sites for hydroxylation is 1. The molecule has 3 rings (SSSR count). The van der Waals surface area contributed by atoms with Crippen molar-refractivity contribution in [2.75, 3.05) is 5.73 Å². The molecule has 0 bridgehead atoms. The van der Waals surface area contributed by atoms with E-state index in [1.807, 2.05) is 49.4 Å². The van der Waals surface area contributed by atoms with E-state index in [9.17, 15) is 0 Å². The SMILES string of the molecule is Cc1cccc(-c2[nH]nc(N)c2-c2cccc(Cl)c2)c1Cl. The summed E-state index contributed by atoms with van der Waals surface area (Å²) in [7, 11) is 0. The molecule has 2 aromatic carbocycles. The van der Waals surface area contributed by atoms with Crippen LogP contribution in [0.4, 0.5) is 5.82 Å². The summed E-state index contributed by atoms with van der Waals surface area (Å²) in [4.78, 5) is 0. The van der Waals surface area contributed by atoms with Crippen molar-refractivity contribution in [3.63, 3.8) is 0 Å². The first kappa shape index (κ1) is 14.0. The van der Waals surface area contributed by atoms with Gasteiger partial charge in [-0.25, -0.2) is 0 Å². The van der Waals surface area contributed by atoms with E-state index in [1.54, 1.807) is 0 Å². The second-order valence-corrected chi connectivity index (χ2v) is 5.62. The highest BCUT2D eigenvalue weighted by atomic mass is 35.5. The van der Waals surface area contributed by atoms with Gasteiger partial charge in [0.1, 0.15) is 0 Å². The van der Waals surface area contributed by atoms with Crippen molar-refractivity contribution in [1.82, 2.24) is 10.2 Å². The predicted octanol–water partition coefficient (Wildman–Crippen LogP) is 4.94. The van der Waals surface area contributed by atoms with Gasteiger partial charge in [0, 0.05) is 10.6 Å². The van der Waals surface area contributed by atoms with Crippen molar-refractivity contribution in [3.05, 3.63) is 58.1 Å². The van der Waals surface area contributed by atoms with E-state index in [-0.39, 0.29) is 0 Å². The highest BCUT2D eigenvalue weighted by molar-refractivity contribution is 6.34. The summed E-state index contributed by atoms with van der Waals surface area (Å²) in [6.07, 6.45) is 0. The van der Waals surface area contributed by atoms with Gasteiger partial charge in [-0.2, -0.15) is 5.10 Å². The number of hydrogen-bond acceptors (Lipinski definition) is 2. The van der Waals surface area contributed by atoms with Crippen LogP contribution in [0.3, 0.4) is 0 Å². The number of benzene rings is 2. The Labute approximate surface area is 132 Å². The largest absolute Gasteiger partial charge is 0.382 e. The zero-order valence-electron chi connectivity index (χ0n) is 11.3. The fraction of sp³-hybridized carbons (Fsp3) is 0.0625. The molecular formula is C16H13Cl2N3. The summed E-state index contributed by atoms with van der Waals surface area (Å²) in [5.41, 5.74) is 10.4. The highest BCUT2D eigenvalue weighted by Gasteiger charge is 2.17. The molecule has 0 aliphatic rings. The van der Waals surface area contributed by atoms with Crippen LogP contribution >= 0.6 is 23.2 Å². The van der Waals surface area contributed by atoms with Crippen LogP contribution in [0.2, 0.25) is 10.0 Å². The standard InChI is InChI=1S/C16H13Cl2N3/c1-9-4-2-7-12(14(9)18)15-13(16(19)21-20-15)10-5-3-6-11(17)8-10/h2-8H,1H3,(H3,19,20,21). The van der Waals surface area contributed by atoms with Crippen molar-refractivity contribution >= 4 is 29.0 Å². The summed E-state index contributed by atoms with van der Waals surface area (Å²) < 4.78 is 0. The number of aromatic amines is 1. The molecular weight excluding hydrogens is 305 g/mol. The molecule has 1 heterocycles. The molecule has 0 saturated carbocycles. The normalized spacial score (nSPS) is 10.8. The molecule has 106 valence electrons. The van der Waals surface area contributed by atoms with Crippen LogP contribution in [0.5, 0.6) is 0 Å². The van der Waals surface area contributed by atoms with Crippen molar-refractivity contribution < 1.29 is 0 Å². The number of nitrogens with one attached hydrogen (secondary N) is 1. The number of nitrogens with two attached hydrogens (primary N) is 1. The van der Waals surface area contributed by atoms with Crippen molar-refractivity contribution in [2.45, 2.75) is 6.92 Å². The Kier molecular flexibility index (Phi) is 3.62. The third-order valence-corrected chi connectivity index (χ3v) is 4.11. The summed E-state index contributed by atoms with van der Waals surface area (Å²) in [6, 6.07) is 13.4. The van der Waals surface area contributed by atoms with Gasteiger partial charge in [-0.1, -0.05) is 53.5 Å². The Balaban J connectivity index is 2.24. The average molecular weight is 318 g/mol. The zero-order chi connectivity index (χ0) is 15.0. The maximum absolute atomic E-state index is 6.41. The van der Waals surface area contributed by atoms with Crippen molar-refractivity contribution in [3.8, 4) is 22.4 Å². The van der Waals surface area contributed by atoms with Gasteiger partial charge in [0.05, 0.1) is 16.3 Å². The van der Waals surface area contributed by atoms with Crippen LogP contribution in [0, 0.1) is 6.92 Å². The number of anilines is 1. The first-order valence-electron chi connectivity index (χ1n) is 6.43. The van der Waals surface area contributed by atoms with E-state index in [1.165, 1.54) is 0 Å². The average Bonchev–Trinajstić information content (AvgIpc) is 2.83. The fourth-order valence-corrected chi connectivity index (χ4v) is 2.74. The van der Waals surface area contributed by atoms with Crippen molar-refractivity contribution in [2.24, 2.45) is 0 Å². The second-order valence-electron chi connectivity index (χ2n) is 4.81. The number of H-pyrrole nitrogens is 1. The molecule has 0 unspecified atom stereocenters. The van der Waals surface area contributed by atoms with Gasteiger partial charge >= 0.3 is 0 Å². The van der Waals surface area contributed by atoms with Crippen LogP contribution in [0.25, 0.3) is 22.4 Å². The first-order chi connectivity index (χ1) is 10.1. The minimum absolute atomic E-state index is 0.421. The molecule has 3 N–H and O–H groups in total. The number of aromatic nitrogens is 2. The van der Waals surface area contributed by atoms with Gasteiger partial charge in [-0.3, -0.25) is 5.10 Å². The first-order valence-corrected chi connectivity index (χ1v) is 7.19. The molecule has 1 aromatic heterocycles. The van der Waals surface area contributed by atoms with Gasteiger partial charge in [-0.05, 0) is 30.2 Å². The van der Waals surface area contributed by atoms with Gasteiger partial charge in [0.15, 0.2) is 5.82 Å². The molecule has 3 nitrogen and oxygen atoms in total. The Bertz CT molecular complexity index is 809. The summed E-state index contributed by atoms with van der Waals surface area (Å²) in [5.74, 6) is 0.421. The van der Waals surface area contributed by atoms with Gasteiger partial charge < -0.3 is 5.73 Å². The molecule has 21 heavy (non-hydrogen) atoms. The molecule has 0 atom stereocenters. The van der Waals surface area contributed by atoms with E-state index in [4.69, 9.17) is 28.9 Å². The third-order valence-electron chi connectivity index (χ3n) is 3.37. The molecule has 0 fully saturated rings. The van der Waals surface area contributed by atoms with Gasteiger partial charge in [0.25, 0.3) is 0 Å². The summed E-state index contributed by atoms with van der Waals surface area (Å²) in [5, 5.41) is 8.43. The Hall–Kier alpha value is -1.97. The van der Waals surface area contributed by atoms with Crippen LogP contribution < -0.4 is 5.73 Å². The van der Waals surface area contributed by atoms with E-state index >= 15 is 0 Å². The maximum atomic E-state index is 6.41. The zero-order valence-corrected chi connectivity index (χ0v) is 12.8. The molecule has 0 spiro atoms. The van der Waals surface area contributed by atoms with E-state index in [0.29, 0.717) is 15.9 Å². The Morgan fingerprint density at radius 3 is 2.62 bits per heavy atom. The minimum atomic E-state index is 0.421. The monoisotopic (exact) mass is 317 g/mol. The molecule has 0 aliphatic heterocycles. The van der Waals surface area contributed by atoms with Crippen LogP contribution in [0.1, 0.15) is 5.56 Å². The molecule has 3 aromatic rings. The Morgan fingerprint density at radius 1 is 1.10 bits per heavy atom. The third kappa shape index (κ3) is 2.50. The van der Waals surface area contributed by atoms with E-state index in [2.05, 4.69) is 10.2 Å². The lowest BCUT2D eigenvalue weighted by atomic mass is 10.00. The molecule has 0 aliphatic carbocycles. The number of nitrogens with zero attached hydrogens (tertiary/aromatic N) is 1. The number of nitrogen functional groups attached to an aromatic ring is 1. The van der Waals surface area contributed by atoms with E-state index < -0.39 is 0 Å². The van der Waals surface area contributed by atoms with Crippen molar-refractivity contribution in [1.29, 1.82) is 0 Å². The lowest BCUT2D eigenvalue weighted by molar-refractivity contribution is 1.10. The predicted molar refractivity (Wildman–Crippen MR) is 88.6 cm³/mol. The molecule has 0 saturated heterocycles. The summed E-state index contributed by atoms with van der Waals surface area (Å²) in [6.45, 7) is 1.96. The highest BCUT2D eigenvalue weighted by Crippen LogP contribution is 2.39. The van der Waals surface area contributed by atoms with Gasteiger partial charge in [0.2, 0.25) is 0 Å². The number of halogens is 2.